The Labute approximate surface area is 129 Å². The van der Waals surface area contributed by atoms with Gasteiger partial charge >= 0.3 is 5.97 Å². The first kappa shape index (κ1) is 14.4. The predicted molar refractivity (Wildman–Crippen MR) is 84.8 cm³/mol. The van der Waals surface area contributed by atoms with Gasteiger partial charge in [-0.15, -0.1) is 0 Å². The molecule has 5 nitrogen and oxygen atoms in total. The van der Waals surface area contributed by atoms with Crippen molar-refractivity contribution in [1.82, 2.24) is 4.98 Å². The molecule has 0 bridgehead atoms. The van der Waals surface area contributed by atoms with Crippen LogP contribution in [-0.2, 0) is 0 Å². The van der Waals surface area contributed by atoms with Gasteiger partial charge in [-0.25, -0.2) is 4.79 Å². The smallest absolute Gasteiger partial charge is 0.337 e. The number of fused-ring (bicyclic) bond motifs is 1. The third-order valence-electron chi connectivity index (χ3n) is 3.89. The number of carbonyl (C=O) groups is 1. The Morgan fingerprint density at radius 1 is 1.41 bits per heavy atom. The van der Waals surface area contributed by atoms with E-state index in [1.807, 2.05) is 25.1 Å². The van der Waals surface area contributed by atoms with Crippen LogP contribution in [0.25, 0.3) is 11.1 Å². The highest BCUT2D eigenvalue weighted by Gasteiger charge is 2.23. The number of rotatable bonds is 3. The fourth-order valence-electron chi connectivity index (χ4n) is 2.80. The Bertz CT molecular complexity index is 728. The van der Waals surface area contributed by atoms with Crippen molar-refractivity contribution in [3.63, 3.8) is 0 Å². The van der Waals surface area contributed by atoms with E-state index in [1.54, 1.807) is 6.07 Å². The summed E-state index contributed by atoms with van der Waals surface area (Å²) in [4.78, 5) is 17.8. The number of likely N-dealkylation sites (N-methyl/N-ethyl adjacent to an activating group) is 1. The molecular formula is C17H18N2O3. The number of hydrogen-bond acceptors (Lipinski definition) is 4. The van der Waals surface area contributed by atoms with Crippen LogP contribution < -0.4 is 9.64 Å². The lowest BCUT2D eigenvalue weighted by Crippen LogP contribution is -2.32. The molecule has 2 aromatic rings. The van der Waals surface area contributed by atoms with Crippen LogP contribution in [0.1, 0.15) is 23.0 Å². The summed E-state index contributed by atoms with van der Waals surface area (Å²) >= 11 is 0. The van der Waals surface area contributed by atoms with E-state index in [2.05, 4.69) is 16.8 Å². The van der Waals surface area contributed by atoms with E-state index in [0.29, 0.717) is 12.2 Å². The number of aryl methyl sites for hydroxylation is 1. The van der Waals surface area contributed by atoms with Gasteiger partial charge in [0.1, 0.15) is 6.61 Å². The first-order valence-corrected chi connectivity index (χ1v) is 7.33. The highest BCUT2D eigenvalue weighted by atomic mass is 16.5. The molecule has 1 N–H and O–H groups in total. The first-order chi connectivity index (χ1) is 10.6. The van der Waals surface area contributed by atoms with Gasteiger partial charge in [-0.05, 0) is 26.0 Å². The van der Waals surface area contributed by atoms with Gasteiger partial charge in [-0.2, -0.15) is 0 Å². The molecule has 2 heterocycles. The number of ether oxygens (including phenoxy) is 1. The molecule has 0 unspecified atom stereocenters. The van der Waals surface area contributed by atoms with Gasteiger partial charge in [0.15, 0.2) is 5.75 Å². The number of carboxylic acid groups (broad SMARTS) is 1. The van der Waals surface area contributed by atoms with Crippen molar-refractivity contribution >= 4 is 11.7 Å². The number of carboxylic acids is 1. The highest BCUT2D eigenvalue weighted by molar-refractivity contribution is 5.97. The second-order valence-electron chi connectivity index (χ2n) is 5.26. The van der Waals surface area contributed by atoms with Crippen molar-refractivity contribution in [2.75, 3.05) is 24.6 Å². The quantitative estimate of drug-likeness (QED) is 0.944. The zero-order valence-corrected chi connectivity index (χ0v) is 12.7. The van der Waals surface area contributed by atoms with Crippen molar-refractivity contribution in [2.45, 2.75) is 13.8 Å². The fourth-order valence-corrected chi connectivity index (χ4v) is 2.80. The number of pyridine rings is 1. The molecule has 0 aliphatic carbocycles. The maximum atomic E-state index is 11.5. The van der Waals surface area contributed by atoms with Crippen molar-refractivity contribution in [3.8, 4) is 16.9 Å². The lowest BCUT2D eigenvalue weighted by molar-refractivity contribution is 0.0697. The van der Waals surface area contributed by atoms with Crippen LogP contribution in [-0.4, -0.2) is 35.8 Å². The summed E-state index contributed by atoms with van der Waals surface area (Å²) < 4.78 is 5.86. The number of hydrogen-bond donors (Lipinski definition) is 1. The van der Waals surface area contributed by atoms with Crippen LogP contribution in [0.3, 0.4) is 0 Å². The second kappa shape index (κ2) is 5.67. The van der Waals surface area contributed by atoms with E-state index in [1.165, 1.54) is 6.20 Å². The zero-order chi connectivity index (χ0) is 15.7. The number of nitrogens with zero attached hydrogens (tertiary/aromatic N) is 2. The summed E-state index contributed by atoms with van der Waals surface area (Å²) in [5, 5.41) is 9.43. The molecule has 5 heteroatoms. The summed E-state index contributed by atoms with van der Waals surface area (Å²) in [6.45, 7) is 6.28. The number of aromatic nitrogens is 1. The summed E-state index contributed by atoms with van der Waals surface area (Å²) in [7, 11) is 0. The second-order valence-corrected chi connectivity index (χ2v) is 5.26. The first-order valence-electron chi connectivity index (χ1n) is 7.33. The minimum atomic E-state index is -0.983. The molecule has 0 saturated carbocycles. The summed E-state index contributed by atoms with van der Waals surface area (Å²) in [6.07, 6.45) is 1.41. The van der Waals surface area contributed by atoms with Crippen LogP contribution in [0.2, 0.25) is 0 Å². The molecular weight excluding hydrogens is 280 g/mol. The zero-order valence-electron chi connectivity index (χ0n) is 12.7. The fraction of sp³-hybridized carbons (Fsp3) is 0.294. The van der Waals surface area contributed by atoms with E-state index >= 15 is 0 Å². The maximum absolute atomic E-state index is 11.5. The molecule has 3 rings (SSSR count). The average Bonchev–Trinajstić information content (AvgIpc) is 2.53. The number of anilines is 1. The normalized spacial score (nSPS) is 13.5. The Balaban J connectivity index is 2.22. The molecule has 0 spiro atoms. The van der Waals surface area contributed by atoms with Gasteiger partial charge in [0, 0.05) is 29.6 Å². The van der Waals surface area contributed by atoms with Gasteiger partial charge in [0.05, 0.1) is 17.8 Å². The Morgan fingerprint density at radius 3 is 2.95 bits per heavy atom. The molecule has 0 fully saturated rings. The van der Waals surface area contributed by atoms with Gasteiger partial charge in [-0.1, -0.05) is 12.1 Å². The van der Waals surface area contributed by atoms with Gasteiger partial charge < -0.3 is 14.7 Å². The van der Waals surface area contributed by atoms with Crippen LogP contribution in [0, 0.1) is 6.92 Å². The van der Waals surface area contributed by atoms with Gasteiger partial charge in [-0.3, -0.25) is 4.98 Å². The summed E-state index contributed by atoms with van der Waals surface area (Å²) in [5.74, 6) is -0.230. The monoisotopic (exact) mass is 298 g/mol. The lowest BCUT2D eigenvalue weighted by atomic mass is 9.98. The molecule has 1 aliphatic rings. The number of para-hydroxylation sites is 1. The Morgan fingerprint density at radius 2 is 2.23 bits per heavy atom. The minimum absolute atomic E-state index is 0.191. The van der Waals surface area contributed by atoms with Crippen molar-refractivity contribution in [2.24, 2.45) is 0 Å². The topological polar surface area (TPSA) is 62.7 Å². The van der Waals surface area contributed by atoms with Crippen LogP contribution in [0.4, 0.5) is 5.69 Å². The predicted octanol–water partition coefficient (Wildman–Crippen LogP) is 2.97. The summed E-state index contributed by atoms with van der Waals surface area (Å²) in [6, 6.07) is 7.65. The lowest BCUT2D eigenvalue weighted by Gasteiger charge is -2.31. The minimum Gasteiger partial charge on any atom is -0.489 e. The largest absolute Gasteiger partial charge is 0.489 e. The van der Waals surface area contributed by atoms with Crippen molar-refractivity contribution in [3.05, 3.63) is 41.7 Å². The molecule has 0 atom stereocenters. The van der Waals surface area contributed by atoms with Crippen LogP contribution in [0.5, 0.6) is 5.75 Å². The molecule has 0 amide bonds. The standard InChI is InChI=1S/C17H18N2O3/c1-3-19-7-8-22-16-12(5-4-6-15(16)19)13-9-11(2)18-10-14(13)17(20)21/h4-6,9-10H,3,7-8H2,1-2H3,(H,20,21). The molecule has 1 aromatic carbocycles. The van der Waals surface area contributed by atoms with E-state index in [9.17, 15) is 9.90 Å². The van der Waals surface area contributed by atoms with E-state index < -0.39 is 5.97 Å². The van der Waals surface area contributed by atoms with Crippen molar-refractivity contribution in [1.29, 1.82) is 0 Å². The molecule has 1 aliphatic heterocycles. The van der Waals surface area contributed by atoms with E-state index in [-0.39, 0.29) is 5.56 Å². The maximum Gasteiger partial charge on any atom is 0.337 e. The van der Waals surface area contributed by atoms with Crippen LogP contribution >= 0.6 is 0 Å². The van der Waals surface area contributed by atoms with E-state index in [4.69, 9.17) is 4.74 Å². The third kappa shape index (κ3) is 2.39. The van der Waals surface area contributed by atoms with Gasteiger partial charge in [0.25, 0.3) is 0 Å². The van der Waals surface area contributed by atoms with E-state index in [0.717, 1.165) is 35.8 Å². The molecule has 1 aromatic heterocycles. The molecule has 0 saturated heterocycles. The Hall–Kier alpha value is -2.56. The number of aromatic carboxylic acids is 1. The molecule has 0 radical (unpaired) electrons. The Kier molecular flexibility index (Phi) is 3.71. The van der Waals surface area contributed by atoms with Crippen LogP contribution in [0.15, 0.2) is 30.5 Å². The molecule has 114 valence electrons. The molecule has 22 heavy (non-hydrogen) atoms. The highest BCUT2D eigenvalue weighted by Crippen LogP contribution is 2.41. The number of benzene rings is 1. The van der Waals surface area contributed by atoms with Gasteiger partial charge in [0.2, 0.25) is 0 Å². The SMILES string of the molecule is CCN1CCOc2c(-c3cc(C)ncc3C(=O)O)cccc21. The summed E-state index contributed by atoms with van der Waals surface area (Å²) in [5.41, 5.74) is 3.43. The average molecular weight is 298 g/mol. The van der Waals surface area contributed by atoms with Crippen molar-refractivity contribution < 1.29 is 14.6 Å². The third-order valence-corrected chi connectivity index (χ3v) is 3.89.